The Hall–Kier alpha value is -2.49. The number of rotatable bonds is 2. The molecule has 1 unspecified atom stereocenters. The van der Waals surface area contributed by atoms with Crippen molar-refractivity contribution >= 4 is 11.7 Å². The average molecular weight is 241 g/mol. The molecule has 3 rings (SSSR count). The zero-order valence-electron chi connectivity index (χ0n) is 9.46. The van der Waals surface area contributed by atoms with Crippen LogP contribution in [0.1, 0.15) is 22.1 Å². The van der Waals surface area contributed by atoms with Crippen LogP contribution in [0.2, 0.25) is 0 Å². The molecule has 1 aliphatic heterocycles. The van der Waals surface area contributed by atoms with Gasteiger partial charge >= 0.3 is 5.97 Å². The fraction of sp³-hybridized carbons (Fsp3) is 0.0714. The summed E-state index contributed by atoms with van der Waals surface area (Å²) in [7, 11) is 0. The Morgan fingerprint density at radius 1 is 1.17 bits per heavy atom. The molecule has 18 heavy (non-hydrogen) atoms. The summed E-state index contributed by atoms with van der Waals surface area (Å²) in [5.74, 6) is -0.381. The van der Waals surface area contributed by atoms with Crippen LogP contribution in [0, 0.1) is 0 Å². The van der Waals surface area contributed by atoms with Gasteiger partial charge in [-0.15, -0.1) is 0 Å². The molecule has 1 heterocycles. The van der Waals surface area contributed by atoms with Gasteiger partial charge < -0.3 is 15.2 Å². The second-order valence-electron chi connectivity index (χ2n) is 4.07. The van der Waals surface area contributed by atoms with Gasteiger partial charge in [0, 0.05) is 5.56 Å². The molecule has 1 aliphatic rings. The van der Waals surface area contributed by atoms with Crippen molar-refractivity contribution in [2.45, 2.75) is 6.23 Å². The number of carboxylic acids is 1. The Balaban J connectivity index is 1.90. The molecule has 0 bridgehead atoms. The number of nitrogens with one attached hydrogen (secondary N) is 1. The van der Waals surface area contributed by atoms with E-state index in [-0.39, 0.29) is 11.8 Å². The Labute approximate surface area is 104 Å². The van der Waals surface area contributed by atoms with Crippen molar-refractivity contribution in [2.24, 2.45) is 0 Å². The van der Waals surface area contributed by atoms with Crippen LogP contribution >= 0.6 is 0 Å². The van der Waals surface area contributed by atoms with Crippen molar-refractivity contribution in [2.75, 3.05) is 5.32 Å². The zero-order chi connectivity index (χ0) is 12.5. The number of hydrogen-bond acceptors (Lipinski definition) is 3. The molecule has 0 fully saturated rings. The van der Waals surface area contributed by atoms with Crippen molar-refractivity contribution in [1.82, 2.24) is 0 Å². The lowest BCUT2D eigenvalue weighted by Gasteiger charge is -2.10. The van der Waals surface area contributed by atoms with Gasteiger partial charge in [-0.3, -0.25) is 0 Å². The lowest BCUT2D eigenvalue weighted by molar-refractivity contribution is 0.0696. The maximum absolute atomic E-state index is 10.9. The van der Waals surface area contributed by atoms with E-state index in [1.54, 1.807) is 12.1 Å². The first-order valence-electron chi connectivity index (χ1n) is 5.59. The molecule has 4 heteroatoms. The monoisotopic (exact) mass is 241 g/mol. The predicted octanol–water partition coefficient (Wildman–Crippen LogP) is 2.89. The van der Waals surface area contributed by atoms with E-state index in [1.807, 2.05) is 30.3 Å². The van der Waals surface area contributed by atoms with Crippen molar-refractivity contribution in [3.05, 3.63) is 59.7 Å². The van der Waals surface area contributed by atoms with Gasteiger partial charge in [0.15, 0.2) is 6.23 Å². The summed E-state index contributed by atoms with van der Waals surface area (Å²) < 4.78 is 5.71. The topological polar surface area (TPSA) is 58.6 Å². The highest BCUT2D eigenvalue weighted by molar-refractivity contribution is 5.89. The number of ether oxygens (including phenoxy) is 1. The van der Waals surface area contributed by atoms with Crippen LogP contribution in [-0.2, 0) is 0 Å². The Morgan fingerprint density at radius 2 is 1.94 bits per heavy atom. The highest BCUT2D eigenvalue weighted by atomic mass is 16.5. The third-order valence-corrected chi connectivity index (χ3v) is 2.86. The van der Waals surface area contributed by atoms with Gasteiger partial charge in [-0.1, -0.05) is 30.3 Å². The number of aromatic carboxylic acids is 1. The number of benzene rings is 2. The highest BCUT2D eigenvalue weighted by Crippen LogP contribution is 2.38. The molecule has 0 aliphatic carbocycles. The molecular weight excluding hydrogens is 230 g/mol. The molecule has 0 saturated carbocycles. The van der Waals surface area contributed by atoms with Gasteiger partial charge in [0.05, 0.1) is 11.3 Å². The van der Waals surface area contributed by atoms with E-state index in [1.165, 1.54) is 6.07 Å². The van der Waals surface area contributed by atoms with E-state index < -0.39 is 5.97 Å². The van der Waals surface area contributed by atoms with Crippen LogP contribution in [0.5, 0.6) is 5.75 Å². The molecular formula is C14H11NO3. The molecule has 2 aromatic carbocycles. The molecule has 0 amide bonds. The minimum atomic E-state index is -0.954. The molecule has 2 aromatic rings. The smallest absolute Gasteiger partial charge is 0.335 e. The van der Waals surface area contributed by atoms with Crippen molar-refractivity contribution in [3.8, 4) is 5.75 Å². The largest absolute Gasteiger partial charge is 0.478 e. The minimum Gasteiger partial charge on any atom is -0.478 e. The van der Waals surface area contributed by atoms with Gasteiger partial charge in [0.2, 0.25) is 0 Å². The normalized spacial score (nSPS) is 16.6. The second kappa shape index (κ2) is 4.07. The van der Waals surface area contributed by atoms with Gasteiger partial charge in [0.25, 0.3) is 0 Å². The summed E-state index contributed by atoms with van der Waals surface area (Å²) >= 11 is 0. The molecule has 0 spiro atoms. The van der Waals surface area contributed by atoms with Crippen molar-refractivity contribution in [1.29, 1.82) is 0 Å². The maximum Gasteiger partial charge on any atom is 0.335 e. The molecule has 2 N–H and O–H groups in total. The predicted molar refractivity (Wildman–Crippen MR) is 66.8 cm³/mol. The molecule has 90 valence electrons. The van der Waals surface area contributed by atoms with Gasteiger partial charge in [-0.2, -0.15) is 0 Å². The minimum absolute atomic E-state index is 0.226. The van der Waals surface area contributed by atoms with E-state index in [2.05, 4.69) is 5.32 Å². The summed E-state index contributed by atoms with van der Waals surface area (Å²) in [6.45, 7) is 0. The highest BCUT2D eigenvalue weighted by Gasteiger charge is 2.23. The summed E-state index contributed by atoms with van der Waals surface area (Å²) in [5, 5.41) is 12.1. The average Bonchev–Trinajstić information content (AvgIpc) is 2.82. The first-order valence-corrected chi connectivity index (χ1v) is 5.59. The molecule has 4 nitrogen and oxygen atoms in total. The zero-order valence-corrected chi connectivity index (χ0v) is 9.46. The standard InChI is InChI=1S/C14H11NO3/c16-14(17)10-6-7-11-12(8-10)18-13(15-11)9-4-2-1-3-5-9/h1-8,13,15H,(H,16,17). The van der Waals surface area contributed by atoms with Crippen LogP contribution in [-0.4, -0.2) is 11.1 Å². The number of carbonyl (C=O) groups is 1. The first-order chi connectivity index (χ1) is 8.74. The lowest BCUT2D eigenvalue weighted by Crippen LogP contribution is -2.09. The lowest BCUT2D eigenvalue weighted by atomic mass is 10.2. The summed E-state index contributed by atoms with van der Waals surface area (Å²) in [5.41, 5.74) is 2.05. The van der Waals surface area contributed by atoms with Crippen LogP contribution in [0.25, 0.3) is 0 Å². The van der Waals surface area contributed by atoms with Crippen LogP contribution in [0.3, 0.4) is 0 Å². The van der Waals surface area contributed by atoms with Crippen LogP contribution < -0.4 is 10.1 Å². The van der Waals surface area contributed by atoms with E-state index in [4.69, 9.17) is 9.84 Å². The molecule has 0 aromatic heterocycles. The Morgan fingerprint density at radius 3 is 2.67 bits per heavy atom. The fourth-order valence-corrected chi connectivity index (χ4v) is 1.95. The second-order valence-corrected chi connectivity index (χ2v) is 4.07. The van der Waals surface area contributed by atoms with E-state index in [0.717, 1.165) is 11.3 Å². The van der Waals surface area contributed by atoms with Crippen LogP contribution in [0.4, 0.5) is 5.69 Å². The molecule has 0 radical (unpaired) electrons. The Bertz CT molecular complexity index is 595. The molecule has 1 atom stereocenters. The summed E-state index contributed by atoms with van der Waals surface area (Å²) in [4.78, 5) is 10.9. The number of anilines is 1. The quantitative estimate of drug-likeness (QED) is 0.848. The van der Waals surface area contributed by atoms with E-state index in [9.17, 15) is 4.79 Å². The first kappa shape index (κ1) is 10.7. The van der Waals surface area contributed by atoms with Crippen LogP contribution in [0.15, 0.2) is 48.5 Å². The van der Waals surface area contributed by atoms with Crippen molar-refractivity contribution in [3.63, 3.8) is 0 Å². The number of fused-ring (bicyclic) bond motifs is 1. The number of carboxylic acid groups (broad SMARTS) is 1. The molecule has 0 saturated heterocycles. The van der Waals surface area contributed by atoms with E-state index in [0.29, 0.717) is 5.75 Å². The van der Waals surface area contributed by atoms with E-state index >= 15 is 0 Å². The summed E-state index contributed by atoms with van der Waals surface area (Å²) in [6.07, 6.45) is -0.259. The summed E-state index contributed by atoms with van der Waals surface area (Å²) in [6, 6.07) is 14.6. The van der Waals surface area contributed by atoms with Gasteiger partial charge in [-0.05, 0) is 18.2 Å². The number of hydrogen-bond donors (Lipinski definition) is 2. The third kappa shape index (κ3) is 1.78. The van der Waals surface area contributed by atoms with Gasteiger partial charge in [-0.25, -0.2) is 4.79 Å². The van der Waals surface area contributed by atoms with Crippen molar-refractivity contribution < 1.29 is 14.6 Å². The van der Waals surface area contributed by atoms with Gasteiger partial charge in [0.1, 0.15) is 5.75 Å². The third-order valence-electron chi connectivity index (χ3n) is 2.86. The Kier molecular flexibility index (Phi) is 2.41. The fourth-order valence-electron chi connectivity index (χ4n) is 1.95. The maximum atomic E-state index is 10.9. The SMILES string of the molecule is O=C(O)c1ccc2c(c1)OC(c1ccccc1)N2.